The van der Waals surface area contributed by atoms with Crippen LogP contribution in [0.4, 0.5) is 0 Å². The van der Waals surface area contributed by atoms with Crippen molar-refractivity contribution in [2.75, 3.05) is 24.6 Å². The highest BCUT2D eigenvalue weighted by atomic mass is 32.2. The molecular weight excluding hydrogens is 262 g/mol. The fourth-order valence-corrected chi connectivity index (χ4v) is 2.70. The fraction of sp³-hybridized carbons (Fsp3) is 0.857. The van der Waals surface area contributed by atoms with Gasteiger partial charge in [0.1, 0.15) is 0 Å². The molecule has 0 fully saturated rings. The molecular formula is C14H27NO3S. The number of carbonyl (C=O) groups excluding carboxylic acids is 1. The molecule has 0 saturated heterocycles. The van der Waals surface area contributed by atoms with E-state index in [9.17, 15) is 9.59 Å². The highest BCUT2D eigenvalue weighted by Gasteiger charge is 2.15. The second-order valence-corrected chi connectivity index (χ2v) is 6.72. The van der Waals surface area contributed by atoms with E-state index in [0.29, 0.717) is 30.7 Å². The first-order chi connectivity index (χ1) is 8.82. The van der Waals surface area contributed by atoms with Crippen molar-refractivity contribution >= 4 is 23.6 Å². The third kappa shape index (κ3) is 10.9. The molecule has 0 aromatic carbocycles. The monoisotopic (exact) mass is 289 g/mol. The van der Waals surface area contributed by atoms with Gasteiger partial charge in [0.15, 0.2) is 0 Å². The van der Waals surface area contributed by atoms with E-state index >= 15 is 0 Å². The van der Waals surface area contributed by atoms with Gasteiger partial charge < -0.3 is 10.0 Å². The number of carboxylic acids is 1. The van der Waals surface area contributed by atoms with Crippen LogP contribution in [0.1, 0.15) is 40.5 Å². The molecule has 0 unspecified atom stereocenters. The highest BCUT2D eigenvalue weighted by molar-refractivity contribution is 7.99. The minimum atomic E-state index is -0.853. The van der Waals surface area contributed by atoms with Crippen molar-refractivity contribution < 1.29 is 14.7 Å². The Morgan fingerprint density at radius 3 is 2.26 bits per heavy atom. The Bertz CT molecular complexity index is 280. The first-order valence-electron chi connectivity index (χ1n) is 6.90. The zero-order chi connectivity index (χ0) is 14.8. The van der Waals surface area contributed by atoms with Gasteiger partial charge in [0.2, 0.25) is 5.91 Å². The van der Waals surface area contributed by atoms with E-state index in [-0.39, 0.29) is 12.3 Å². The molecule has 19 heavy (non-hydrogen) atoms. The lowest BCUT2D eigenvalue weighted by atomic mass is 10.2. The van der Waals surface area contributed by atoms with Gasteiger partial charge in [-0.3, -0.25) is 9.59 Å². The van der Waals surface area contributed by atoms with E-state index in [2.05, 4.69) is 13.8 Å². The van der Waals surface area contributed by atoms with Gasteiger partial charge in [-0.2, -0.15) is 11.8 Å². The molecule has 5 heteroatoms. The van der Waals surface area contributed by atoms with E-state index in [1.54, 1.807) is 16.7 Å². The molecule has 112 valence electrons. The van der Waals surface area contributed by atoms with E-state index in [1.165, 1.54) is 0 Å². The molecule has 0 aliphatic heterocycles. The summed E-state index contributed by atoms with van der Waals surface area (Å²) in [5.74, 6) is 1.66. The number of amides is 1. The molecule has 0 heterocycles. The average Bonchev–Trinajstić information content (AvgIpc) is 2.28. The van der Waals surface area contributed by atoms with Crippen molar-refractivity contribution in [2.24, 2.45) is 11.8 Å². The predicted octanol–water partition coefficient (Wildman–Crippen LogP) is 2.73. The van der Waals surface area contributed by atoms with Crippen LogP contribution in [-0.2, 0) is 9.59 Å². The molecule has 0 aliphatic carbocycles. The Balaban J connectivity index is 4.10. The Morgan fingerprint density at radius 1 is 1.16 bits per heavy atom. The predicted molar refractivity (Wildman–Crippen MR) is 80.5 cm³/mol. The van der Waals surface area contributed by atoms with Gasteiger partial charge in [-0.1, -0.05) is 27.7 Å². The highest BCUT2D eigenvalue weighted by Crippen LogP contribution is 2.11. The van der Waals surface area contributed by atoms with Gasteiger partial charge in [-0.05, 0) is 24.0 Å². The number of carbonyl (C=O) groups is 2. The summed E-state index contributed by atoms with van der Waals surface area (Å²) in [5.41, 5.74) is 0. The minimum absolute atomic E-state index is 0.0229. The summed E-state index contributed by atoms with van der Waals surface area (Å²) >= 11 is 1.64. The van der Waals surface area contributed by atoms with Crippen molar-refractivity contribution in [2.45, 2.75) is 40.5 Å². The maximum Gasteiger partial charge on any atom is 0.305 e. The van der Waals surface area contributed by atoms with Gasteiger partial charge in [0, 0.05) is 13.1 Å². The number of hydrogen-bond acceptors (Lipinski definition) is 3. The van der Waals surface area contributed by atoms with Gasteiger partial charge in [0.05, 0.1) is 12.2 Å². The summed E-state index contributed by atoms with van der Waals surface area (Å²) < 4.78 is 0. The maximum atomic E-state index is 12.0. The Labute approximate surface area is 120 Å². The summed E-state index contributed by atoms with van der Waals surface area (Å²) in [4.78, 5) is 24.3. The van der Waals surface area contributed by atoms with Crippen molar-refractivity contribution in [3.63, 3.8) is 0 Å². The topological polar surface area (TPSA) is 57.6 Å². The molecule has 0 radical (unpaired) electrons. The average molecular weight is 289 g/mol. The summed E-state index contributed by atoms with van der Waals surface area (Å²) in [6.07, 6.45) is 1.13. The number of hydrogen-bond donors (Lipinski definition) is 1. The van der Waals surface area contributed by atoms with Crippen molar-refractivity contribution in [1.29, 1.82) is 0 Å². The summed E-state index contributed by atoms with van der Waals surface area (Å²) in [5, 5.41) is 8.71. The maximum absolute atomic E-state index is 12.0. The zero-order valence-electron chi connectivity index (χ0n) is 12.5. The van der Waals surface area contributed by atoms with Gasteiger partial charge in [0.25, 0.3) is 0 Å². The summed E-state index contributed by atoms with van der Waals surface area (Å²) in [7, 11) is 0. The second-order valence-electron chi connectivity index (χ2n) is 5.61. The molecule has 0 atom stereocenters. The van der Waals surface area contributed by atoms with Crippen LogP contribution >= 0.6 is 11.8 Å². The van der Waals surface area contributed by atoms with Crippen LogP contribution in [0, 0.1) is 11.8 Å². The van der Waals surface area contributed by atoms with Crippen molar-refractivity contribution in [3.05, 3.63) is 0 Å². The minimum Gasteiger partial charge on any atom is -0.481 e. The van der Waals surface area contributed by atoms with Crippen LogP contribution in [0.25, 0.3) is 0 Å². The number of thioether (sulfide) groups is 1. The van der Waals surface area contributed by atoms with Crippen LogP contribution in [-0.4, -0.2) is 46.5 Å². The molecule has 0 aromatic heterocycles. The second kappa shape index (κ2) is 10.1. The Kier molecular flexibility index (Phi) is 9.74. The molecule has 0 aliphatic rings. The van der Waals surface area contributed by atoms with Crippen LogP contribution in [0.5, 0.6) is 0 Å². The molecule has 0 bridgehead atoms. The fourth-order valence-electron chi connectivity index (χ4n) is 1.56. The van der Waals surface area contributed by atoms with Crippen molar-refractivity contribution in [3.8, 4) is 0 Å². The quantitative estimate of drug-likeness (QED) is 0.628. The molecule has 0 saturated carbocycles. The molecule has 1 amide bonds. The standard InChI is InChI=1S/C14H27NO3S/c1-11(2)6-8-19-10-13(16)15(9-12(3)4)7-5-14(17)18/h11-12H,5-10H2,1-4H3,(H,17,18). The molecule has 0 rings (SSSR count). The lowest BCUT2D eigenvalue weighted by Gasteiger charge is -2.24. The molecule has 1 N–H and O–H groups in total. The third-order valence-corrected chi connectivity index (χ3v) is 3.57. The number of aliphatic carboxylic acids is 1. The molecule has 4 nitrogen and oxygen atoms in total. The first kappa shape index (κ1) is 18.3. The van der Waals surface area contributed by atoms with E-state index in [4.69, 9.17) is 5.11 Å². The third-order valence-electron chi connectivity index (χ3n) is 2.60. The lowest BCUT2D eigenvalue weighted by Crippen LogP contribution is -2.37. The number of rotatable bonds is 10. The van der Waals surface area contributed by atoms with Gasteiger partial charge in [-0.25, -0.2) is 0 Å². The number of carboxylic acid groups (broad SMARTS) is 1. The molecule has 0 spiro atoms. The Hall–Kier alpha value is -0.710. The lowest BCUT2D eigenvalue weighted by molar-refractivity contribution is -0.138. The van der Waals surface area contributed by atoms with Crippen LogP contribution in [0.2, 0.25) is 0 Å². The summed E-state index contributed by atoms with van der Waals surface area (Å²) in [6, 6.07) is 0. The van der Waals surface area contributed by atoms with Crippen LogP contribution in [0.15, 0.2) is 0 Å². The Morgan fingerprint density at radius 2 is 1.79 bits per heavy atom. The largest absolute Gasteiger partial charge is 0.481 e. The normalized spacial score (nSPS) is 11.1. The smallest absolute Gasteiger partial charge is 0.305 e. The first-order valence-corrected chi connectivity index (χ1v) is 8.05. The van der Waals surface area contributed by atoms with Crippen LogP contribution in [0.3, 0.4) is 0 Å². The zero-order valence-corrected chi connectivity index (χ0v) is 13.3. The SMILES string of the molecule is CC(C)CCSCC(=O)N(CCC(=O)O)CC(C)C. The van der Waals surface area contributed by atoms with Crippen LogP contribution < -0.4 is 0 Å². The van der Waals surface area contributed by atoms with E-state index in [0.717, 1.165) is 12.2 Å². The van der Waals surface area contributed by atoms with Gasteiger partial charge in [-0.15, -0.1) is 0 Å². The number of nitrogens with zero attached hydrogens (tertiary/aromatic N) is 1. The van der Waals surface area contributed by atoms with Crippen molar-refractivity contribution in [1.82, 2.24) is 4.90 Å². The summed E-state index contributed by atoms with van der Waals surface area (Å²) in [6.45, 7) is 9.36. The van der Waals surface area contributed by atoms with Gasteiger partial charge >= 0.3 is 5.97 Å². The van der Waals surface area contributed by atoms with E-state index in [1.807, 2.05) is 13.8 Å². The van der Waals surface area contributed by atoms with E-state index < -0.39 is 5.97 Å². The molecule has 0 aromatic rings.